The van der Waals surface area contributed by atoms with Gasteiger partial charge in [-0.1, -0.05) is 11.6 Å². The zero-order valence-electron chi connectivity index (χ0n) is 14.9. The van der Waals surface area contributed by atoms with Crippen LogP contribution in [0.2, 0.25) is 5.02 Å². The van der Waals surface area contributed by atoms with Crippen molar-refractivity contribution in [3.8, 4) is 17.2 Å². The fourth-order valence-corrected chi connectivity index (χ4v) is 2.19. The van der Waals surface area contributed by atoms with Crippen LogP contribution in [0.15, 0.2) is 47.6 Å². The van der Waals surface area contributed by atoms with Gasteiger partial charge in [-0.25, -0.2) is 5.43 Å². The fraction of sp³-hybridized carbons (Fsp3) is 0.263. The predicted octanol–water partition coefficient (Wildman–Crippen LogP) is 3.66. The molecule has 0 saturated carbocycles. The number of hydrogen-bond donors (Lipinski definition) is 1. The molecule has 2 aromatic rings. The summed E-state index contributed by atoms with van der Waals surface area (Å²) in [7, 11) is 1.58. The largest absolute Gasteiger partial charge is 0.497 e. The molecule has 0 saturated heterocycles. The van der Waals surface area contributed by atoms with Crippen LogP contribution in [0.1, 0.15) is 19.4 Å². The van der Waals surface area contributed by atoms with Crippen LogP contribution in [0.3, 0.4) is 0 Å². The van der Waals surface area contributed by atoms with E-state index in [2.05, 4.69) is 10.5 Å². The van der Waals surface area contributed by atoms with E-state index in [0.717, 1.165) is 0 Å². The molecule has 0 aromatic heterocycles. The zero-order valence-corrected chi connectivity index (χ0v) is 15.6. The van der Waals surface area contributed by atoms with E-state index in [1.807, 2.05) is 6.92 Å². The van der Waals surface area contributed by atoms with Gasteiger partial charge in [0.2, 0.25) is 0 Å². The van der Waals surface area contributed by atoms with Crippen molar-refractivity contribution >= 4 is 23.7 Å². The maximum Gasteiger partial charge on any atom is 0.280 e. The van der Waals surface area contributed by atoms with Gasteiger partial charge in [0.15, 0.2) is 6.10 Å². The first kappa shape index (κ1) is 19.6. The van der Waals surface area contributed by atoms with Crippen molar-refractivity contribution in [1.82, 2.24) is 5.43 Å². The summed E-state index contributed by atoms with van der Waals surface area (Å²) in [6, 6.07) is 12.1. The Morgan fingerprint density at radius 1 is 1.23 bits per heavy atom. The minimum absolute atomic E-state index is 0.378. The molecule has 0 bridgehead atoms. The number of hydrogen-bond acceptors (Lipinski definition) is 5. The number of carbonyl (C=O) groups is 1. The Hall–Kier alpha value is -2.73. The first-order valence-electron chi connectivity index (χ1n) is 8.09. The molecule has 1 amide bonds. The minimum atomic E-state index is -0.718. The maximum absolute atomic E-state index is 12.1. The van der Waals surface area contributed by atoms with Crippen molar-refractivity contribution in [3.63, 3.8) is 0 Å². The number of carbonyl (C=O) groups excluding carboxylic acids is 1. The predicted molar refractivity (Wildman–Crippen MR) is 101 cm³/mol. The number of ether oxygens (including phenoxy) is 3. The van der Waals surface area contributed by atoms with Gasteiger partial charge >= 0.3 is 0 Å². The molecule has 6 nitrogen and oxygen atoms in total. The molecule has 0 aliphatic heterocycles. The number of halogens is 1. The summed E-state index contributed by atoms with van der Waals surface area (Å²) < 4.78 is 16.3. The molecule has 2 rings (SSSR count). The van der Waals surface area contributed by atoms with E-state index in [0.29, 0.717) is 34.4 Å². The van der Waals surface area contributed by atoms with Crippen molar-refractivity contribution in [2.24, 2.45) is 5.10 Å². The Morgan fingerprint density at radius 2 is 1.92 bits per heavy atom. The van der Waals surface area contributed by atoms with Crippen LogP contribution in [-0.2, 0) is 4.79 Å². The first-order chi connectivity index (χ1) is 12.5. The summed E-state index contributed by atoms with van der Waals surface area (Å²) >= 11 is 5.82. The van der Waals surface area contributed by atoms with Gasteiger partial charge in [0.05, 0.1) is 19.9 Å². The van der Waals surface area contributed by atoms with Crippen molar-refractivity contribution < 1.29 is 19.0 Å². The van der Waals surface area contributed by atoms with Crippen LogP contribution in [0, 0.1) is 0 Å². The van der Waals surface area contributed by atoms with Crippen LogP contribution in [-0.4, -0.2) is 31.9 Å². The number of nitrogens with zero attached hydrogens (tertiary/aromatic N) is 1. The van der Waals surface area contributed by atoms with Gasteiger partial charge in [-0.05, 0) is 56.3 Å². The molecule has 138 valence electrons. The second-order valence-electron chi connectivity index (χ2n) is 5.29. The molecule has 0 heterocycles. The molecular formula is C19H21ClN2O4. The van der Waals surface area contributed by atoms with E-state index in [-0.39, 0.29) is 5.91 Å². The molecule has 7 heteroatoms. The van der Waals surface area contributed by atoms with Crippen molar-refractivity contribution in [2.75, 3.05) is 13.7 Å². The highest BCUT2D eigenvalue weighted by Crippen LogP contribution is 2.22. The summed E-state index contributed by atoms with van der Waals surface area (Å²) in [5.74, 6) is 1.49. The lowest BCUT2D eigenvalue weighted by Gasteiger charge is -2.13. The smallest absolute Gasteiger partial charge is 0.280 e. The minimum Gasteiger partial charge on any atom is -0.497 e. The van der Waals surface area contributed by atoms with Gasteiger partial charge in [0.25, 0.3) is 5.91 Å². The van der Waals surface area contributed by atoms with Gasteiger partial charge in [-0.2, -0.15) is 5.10 Å². The molecule has 26 heavy (non-hydrogen) atoms. The molecule has 2 aromatic carbocycles. The average molecular weight is 377 g/mol. The molecule has 1 atom stereocenters. The lowest BCUT2D eigenvalue weighted by molar-refractivity contribution is -0.127. The Balaban J connectivity index is 1.98. The van der Waals surface area contributed by atoms with Crippen LogP contribution in [0.4, 0.5) is 0 Å². The summed E-state index contributed by atoms with van der Waals surface area (Å²) in [5.41, 5.74) is 3.14. The molecule has 0 aliphatic rings. The van der Waals surface area contributed by atoms with E-state index in [1.54, 1.807) is 56.5 Å². The molecule has 0 radical (unpaired) electrons. The molecule has 0 fully saturated rings. The Bertz CT molecular complexity index is 763. The maximum atomic E-state index is 12.1. The lowest BCUT2D eigenvalue weighted by atomic mass is 10.2. The number of nitrogens with one attached hydrogen (secondary N) is 1. The number of methoxy groups -OCH3 is 1. The average Bonchev–Trinajstić information content (AvgIpc) is 2.64. The summed E-state index contributed by atoms with van der Waals surface area (Å²) in [4.78, 5) is 12.1. The molecule has 0 unspecified atom stereocenters. The van der Waals surface area contributed by atoms with E-state index in [4.69, 9.17) is 25.8 Å². The normalized spacial score (nSPS) is 11.8. The van der Waals surface area contributed by atoms with Crippen LogP contribution >= 0.6 is 11.6 Å². The quantitative estimate of drug-likeness (QED) is 0.563. The highest BCUT2D eigenvalue weighted by molar-refractivity contribution is 6.30. The molecule has 1 N–H and O–H groups in total. The fourth-order valence-electron chi connectivity index (χ4n) is 2.07. The summed E-state index contributed by atoms with van der Waals surface area (Å²) in [6.07, 6.45) is 0.783. The topological polar surface area (TPSA) is 69.2 Å². The van der Waals surface area contributed by atoms with E-state index in [9.17, 15) is 4.79 Å². The first-order valence-corrected chi connectivity index (χ1v) is 8.47. The standard InChI is InChI=1S/C19H21ClN2O4/c1-4-25-18-10-9-17(24-3)11-14(18)12-21-22-19(23)13(2)26-16-7-5-15(20)6-8-16/h5-13H,4H2,1-3H3,(H,22,23)/b21-12-/t13-/m0/s1. The van der Waals surface area contributed by atoms with E-state index in [1.165, 1.54) is 6.21 Å². The van der Waals surface area contributed by atoms with Crippen molar-refractivity contribution in [1.29, 1.82) is 0 Å². The van der Waals surface area contributed by atoms with Gasteiger partial charge in [-0.15, -0.1) is 0 Å². The molecular weight excluding hydrogens is 356 g/mol. The number of rotatable bonds is 8. The second-order valence-corrected chi connectivity index (χ2v) is 5.72. The highest BCUT2D eigenvalue weighted by atomic mass is 35.5. The zero-order chi connectivity index (χ0) is 18.9. The van der Waals surface area contributed by atoms with Gasteiger partial charge in [0.1, 0.15) is 17.2 Å². The highest BCUT2D eigenvalue weighted by Gasteiger charge is 2.14. The van der Waals surface area contributed by atoms with Crippen LogP contribution in [0.5, 0.6) is 17.2 Å². The third-order valence-electron chi connectivity index (χ3n) is 3.39. The van der Waals surface area contributed by atoms with Crippen LogP contribution < -0.4 is 19.6 Å². The Morgan fingerprint density at radius 3 is 2.58 bits per heavy atom. The van der Waals surface area contributed by atoms with Crippen molar-refractivity contribution in [2.45, 2.75) is 20.0 Å². The van der Waals surface area contributed by atoms with Crippen LogP contribution in [0.25, 0.3) is 0 Å². The molecule has 0 aliphatic carbocycles. The number of hydrazone groups is 1. The van der Waals surface area contributed by atoms with Gasteiger partial charge in [0, 0.05) is 10.6 Å². The van der Waals surface area contributed by atoms with Crippen molar-refractivity contribution in [3.05, 3.63) is 53.1 Å². The number of amides is 1. The third kappa shape index (κ3) is 5.67. The Kier molecular flexibility index (Phi) is 7.29. The number of benzene rings is 2. The summed E-state index contributed by atoms with van der Waals surface area (Å²) in [6.45, 7) is 4.05. The lowest BCUT2D eigenvalue weighted by Crippen LogP contribution is -2.33. The Labute approximate surface area is 157 Å². The van der Waals surface area contributed by atoms with E-state index >= 15 is 0 Å². The summed E-state index contributed by atoms with van der Waals surface area (Å²) in [5, 5.41) is 4.57. The van der Waals surface area contributed by atoms with Gasteiger partial charge in [-0.3, -0.25) is 4.79 Å². The molecule has 0 spiro atoms. The third-order valence-corrected chi connectivity index (χ3v) is 3.64. The monoisotopic (exact) mass is 376 g/mol. The van der Waals surface area contributed by atoms with Gasteiger partial charge < -0.3 is 14.2 Å². The second kappa shape index (κ2) is 9.68. The van der Waals surface area contributed by atoms with E-state index < -0.39 is 6.10 Å². The SMILES string of the molecule is CCOc1ccc(OC)cc1/C=N\NC(=O)[C@H](C)Oc1ccc(Cl)cc1.